The number of para-hydroxylation sites is 1. The first kappa shape index (κ1) is 42.0. The molecule has 16 nitrogen and oxygen atoms in total. The van der Waals surface area contributed by atoms with Gasteiger partial charge in [0.25, 0.3) is 5.69 Å². The fourth-order valence-corrected chi connectivity index (χ4v) is 9.29. The second-order valence-corrected chi connectivity index (χ2v) is 17.7. The van der Waals surface area contributed by atoms with Crippen LogP contribution in [0.5, 0.6) is 0 Å². The fourth-order valence-electron chi connectivity index (χ4n) is 7.64. The van der Waals surface area contributed by atoms with Gasteiger partial charge >= 0.3 is 12.1 Å². The third-order valence-electron chi connectivity index (χ3n) is 10.8. The van der Waals surface area contributed by atoms with Gasteiger partial charge in [0.2, 0.25) is 21.8 Å². The summed E-state index contributed by atoms with van der Waals surface area (Å²) in [7, 11) is -3.28. The van der Waals surface area contributed by atoms with Gasteiger partial charge in [-0.15, -0.1) is 0 Å². The van der Waals surface area contributed by atoms with Crippen molar-refractivity contribution in [3.63, 3.8) is 0 Å². The van der Waals surface area contributed by atoms with E-state index < -0.39 is 90.7 Å². The highest BCUT2D eigenvalue weighted by molar-refractivity contribution is 7.89. The molecule has 0 bridgehead atoms. The van der Waals surface area contributed by atoms with Gasteiger partial charge in [-0.05, 0) is 62.8 Å². The average Bonchev–Trinajstić information content (AvgIpc) is 3.74. The van der Waals surface area contributed by atoms with Gasteiger partial charge in [-0.1, -0.05) is 78.9 Å². The number of carbonyl (C=O) groups is 4. The molecule has 2 fully saturated rings. The van der Waals surface area contributed by atoms with Crippen LogP contribution in [0.4, 0.5) is 10.5 Å². The van der Waals surface area contributed by atoms with Gasteiger partial charge in [0, 0.05) is 38.6 Å². The predicted molar refractivity (Wildman–Crippen MR) is 211 cm³/mol. The van der Waals surface area contributed by atoms with Gasteiger partial charge in [-0.3, -0.25) is 19.7 Å². The number of nitro benzene ring substituents is 1. The summed E-state index contributed by atoms with van der Waals surface area (Å²) in [5, 5.41) is 27.6. The van der Waals surface area contributed by atoms with E-state index in [0.29, 0.717) is 5.56 Å². The van der Waals surface area contributed by atoms with Crippen molar-refractivity contribution in [3.05, 3.63) is 107 Å². The zero-order valence-corrected chi connectivity index (χ0v) is 33.4. The monoisotopic (exact) mass is 817 g/mol. The molecule has 1 saturated heterocycles. The minimum atomic E-state index is -4.71. The number of methoxy groups -OCH3 is 1. The smallest absolute Gasteiger partial charge is 0.408 e. The zero-order valence-electron chi connectivity index (χ0n) is 32.6. The van der Waals surface area contributed by atoms with Crippen LogP contribution in [-0.4, -0.2) is 101 Å². The Kier molecular flexibility index (Phi) is 11.8. The van der Waals surface area contributed by atoms with Crippen molar-refractivity contribution in [2.45, 2.75) is 80.2 Å². The standard InChI is InChI=1S/C41H47N5O11S/c1-39(2,3)57-38(51)42-31-25-44(58(54,55)34-17-11-10-16-32(34)46(52)53)22-12-6-9-15-30-23-41(30,37(49)50)43-35(47)33-24-40(56-4,26-45(33)36(31)48)29-20-18-28(19-21-29)27-13-7-5-8-14-27/h5,7-11,13-21,30-31,33H,6,12,22-26H2,1-4H3,(H,42,51)(H,43,47)(H,49,50)/b15-9-/t30-,31+,33+,40+,41-/m1/s1. The number of hydrogen-bond acceptors (Lipinski definition) is 10. The van der Waals surface area contributed by atoms with Crippen molar-refractivity contribution in [1.29, 1.82) is 0 Å². The van der Waals surface area contributed by atoms with Gasteiger partial charge in [0.15, 0.2) is 4.90 Å². The fraction of sp³-hybridized carbons (Fsp3) is 0.415. The molecule has 1 saturated carbocycles. The number of allylic oxidation sites excluding steroid dienone is 1. The van der Waals surface area contributed by atoms with Gasteiger partial charge < -0.3 is 30.1 Å². The SMILES string of the molecule is CO[C@@]1(c2ccc(-c3ccccc3)cc2)C[C@H]2C(=O)N[C@]3(C(=O)O)C[C@H]3/C=C\CCCN(S(=O)(=O)c3ccccc3[N+](=O)[O-])C[C@H](NC(=O)OC(C)(C)C)C(=O)N2C1. The molecule has 2 aliphatic heterocycles. The maximum Gasteiger partial charge on any atom is 0.408 e. The Morgan fingerprint density at radius 3 is 2.28 bits per heavy atom. The van der Waals surface area contributed by atoms with E-state index in [1.807, 2.05) is 54.6 Å². The molecular formula is C41H47N5O11S. The van der Waals surface area contributed by atoms with Gasteiger partial charge in [0.05, 0.1) is 11.5 Å². The Morgan fingerprint density at radius 2 is 1.64 bits per heavy atom. The minimum Gasteiger partial charge on any atom is -0.479 e. The number of hydrogen-bond donors (Lipinski definition) is 3. The molecule has 0 unspecified atom stereocenters. The summed E-state index contributed by atoms with van der Waals surface area (Å²) in [6.45, 7) is 3.61. The molecule has 308 valence electrons. The van der Waals surface area contributed by atoms with Crippen LogP contribution >= 0.6 is 0 Å². The third kappa shape index (κ3) is 8.61. The number of carboxylic acids is 1. The van der Waals surface area contributed by atoms with Crippen molar-refractivity contribution >= 4 is 39.6 Å². The highest BCUT2D eigenvalue weighted by Crippen LogP contribution is 2.46. The Hall–Kier alpha value is -5.65. The number of alkyl carbamates (subject to hydrolysis) is 1. The lowest BCUT2D eigenvalue weighted by molar-refractivity contribution is -0.387. The van der Waals surface area contributed by atoms with Crippen LogP contribution < -0.4 is 10.6 Å². The summed E-state index contributed by atoms with van der Waals surface area (Å²) < 4.78 is 41.3. The number of nitro groups is 1. The largest absolute Gasteiger partial charge is 0.479 e. The number of benzene rings is 3. The van der Waals surface area contributed by atoms with Gasteiger partial charge in [-0.25, -0.2) is 18.0 Å². The Bertz CT molecular complexity index is 2210. The highest BCUT2D eigenvalue weighted by atomic mass is 32.2. The topological polar surface area (TPSA) is 215 Å². The predicted octanol–water partition coefficient (Wildman–Crippen LogP) is 4.60. The molecule has 58 heavy (non-hydrogen) atoms. The number of fused-ring (bicyclic) bond motifs is 2. The molecule has 3 N–H and O–H groups in total. The van der Waals surface area contributed by atoms with E-state index in [1.54, 1.807) is 32.9 Å². The van der Waals surface area contributed by atoms with E-state index in [9.17, 15) is 38.0 Å². The van der Waals surface area contributed by atoms with Crippen molar-refractivity contribution in [2.24, 2.45) is 5.92 Å². The minimum absolute atomic E-state index is 0.0859. The number of carbonyl (C=O) groups excluding carboxylic acids is 3. The third-order valence-corrected chi connectivity index (χ3v) is 12.7. The normalized spacial score (nSPS) is 26.2. The molecule has 3 amide bonds. The summed E-state index contributed by atoms with van der Waals surface area (Å²) in [6, 6.07) is 18.8. The Balaban J connectivity index is 1.46. The molecule has 0 radical (unpaired) electrons. The average molecular weight is 818 g/mol. The quantitative estimate of drug-likeness (QED) is 0.162. The molecule has 17 heteroatoms. The first-order valence-corrected chi connectivity index (χ1v) is 20.3. The highest BCUT2D eigenvalue weighted by Gasteiger charge is 2.62. The van der Waals surface area contributed by atoms with Crippen LogP contribution in [-0.2, 0) is 39.5 Å². The van der Waals surface area contributed by atoms with Crippen molar-refractivity contribution in [2.75, 3.05) is 26.7 Å². The first-order valence-electron chi connectivity index (χ1n) is 18.9. The lowest BCUT2D eigenvalue weighted by Gasteiger charge is -2.33. The van der Waals surface area contributed by atoms with E-state index >= 15 is 4.79 Å². The molecule has 0 aromatic heterocycles. The van der Waals surface area contributed by atoms with Crippen molar-refractivity contribution < 1.29 is 47.1 Å². The van der Waals surface area contributed by atoms with E-state index in [0.717, 1.165) is 27.6 Å². The molecule has 3 aliphatic rings. The molecule has 5 atom stereocenters. The van der Waals surface area contributed by atoms with E-state index in [2.05, 4.69) is 10.6 Å². The van der Waals surface area contributed by atoms with E-state index in [1.165, 1.54) is 24.1 Å². The van der Waals surface area contributed by atoms with Crippen LogP contribution in [0, 0.1) is 16.0 Å². The van der Waals surface area contributed by atoms with Crippen molar-refractivity contribution in [1.82, 2.24) is 19.8 Å². The lowest BCUT2D eigenvalue weighted by Crippen LogP contribution is -2.59. The lowest BCUT2D eigenvalue weighted by atomic mass is 9.89. The van der Waals surface area contributed by atoms with Crippen LogP contribution in [0.3, 0.4) is 0 Å². The molecule has 3 aromatic carbocycles. The van der Waals surface area contributed by atoms with Crippen LogP contribution in [0.15, 0.2) is 95.9 Å². The number of sulfonamides is 1. The van der Waals surface area contributed by atoms with E-state index in [4.69, 9.17) is 9.47 Å². The number of carboxylic acid groups (broad SMARTS) is 1. The number of nitrogens with one attached hydrogen (secondary N) is 2. The van der Waals surface area contributed by atoms with Crippen LogP contribution in [0.25, 0.3) is 11.1 Å². The van der Waals surface area contributed by atoms with Crippen LogP contribution in [0.2, 0.25) is 0 Å². The molecule has 0 spiro atoms. The van der Waals surface area contributed by atoms with Crippen molar-refractivity contribution in [3.8, 4) is 11.1 Å². The van der Waals surface area contributed by atoms with Gasteiger partial charge in [-0.2, -0.15) is 4.31 Å². The maximum absolute atomic E-state index is 15.0. The molecular weight excluding hydrogens is 771 g/mol. The number of rotatable bonds is 8. The maximum atomic E-state index is 15.0. The molecule has 3 aromatic rings. The van der Waals surface area contributed by atoms with E-state index in [-0.39, 0.29) is 38.8 Å². The van der Waals surface area contributed by atoms with Crippen LogP contribution in [0.1, 0.15) is 52.0 Å². The Morgan fingerprint density at radius 1 is 0.983 bits per heavy atom. The molecule has 2 heterocycles. The summed E-state index contributed by atoms with van der Waals surface area (Å²) in [6.07, 6.45) is 2.66. The second kappa shape index (κ2) is 16.3. The molecule has 6 rings (SSSR count). The number of ether oxygens (including phenoxy) is 2. The number of nitrogens with zero attached hydrogens (tertiary/aromatic N) is 3. The summed E-state index contributed by atoms with van der Waals surface area (Å²) in [4.78, 5) is 67.3. The first-order chi connectivity index (χ1) is 27.4. The summed E-state index contributed by atoms with van der Waals surface area (Å²) >= 11 is 0. The van der Waals surface area contributed by atoms with Gasteiger partial charge in [0.1, 0.15) is 28.8 Å². The number of amides is 3. The molecule has 1 aliphatic carbocycles. The zero-order chi connectivity index (χ0) is 42.0. The second-order valence-electron chi connectivity index (χ2n) is 15.8. The Labute approximate surface area is 336 Å². The summed E-state index contributed by atoms with van der Waals surface area (Å²) in [5.74, 6) is -3.51. The number of aliphatic carboxylic acids is 1. The summed E-state index contributed by atoms with van der Waals surface area (Å²) in [5.41, 5.74) is -2.21.